The smallest absolute Gasteiger partial charge is 0.0294 e. The van der Waals surface area contributed by atoms with E-state index in [9.17, 15) is 0 Å². The van der Waals surface area contributed by atoms with E-state index in [1.807, 2.05) is 0 Å². The highest BCUT2D eigenvalue weighted by Crippen LogP contribution is 2.15. The summed E-state index contributed by atoms with van der Waals surface area (Å²) >= 11 is 0. The van der Waals surface area contributed by atoms with Crippen molar-refractivity contribution in [3.8, 4) is 0 Å². The number of nitrogens with two attached hydrogens (primary N) is 1. The summed E-state index contributed by atoms with van der Waals surface area (Å²) in [5.41, 5.74) is 8.50. The van der Waals surface area contributed by atoms with E-state index in [0.29, 0.717) is 0 Å². The molecule has 0 amide bonds. The summed E-state index contributed by atoms with van der Waals surface area (Å²) < 4.78 is 0. The van der Waals surface area contributed by atoms with E-state index in [0.717, 1.165) is 12.8 Å². The summed E-state index contributed by atoms with van der Waals surface area (Å²) in [5.74, 6) is 0. The fourth-order valence-electron chi connectivity index (χ4n) is 1.29. The quantitative estimate of drug-likeness (QED) is 0.795. The summed E-state index contributed by atoms with van der Waals surface area (Å²) in [6, 6.07) is 8.69. The maximum Gasteiger partial charge on any atom is 0.0294 e. The van der Waals surface area contributed by atoms with Gasteiger partial charge in [0.05, 0.1) is 0 Å². The van der Waals surface area contributed by atoms with Crippen molar-refractivity contribution in [2.75, 3.05) is 0 Å². The SMILES string of the molecule is CCC[C@@H](N)c1ccc(C)cc1.Cl. The van der Waals surface area contributed by atoms with Crippen molar-refractivity contribution >= 4 is 12.4 Å². The molecule has 0 spiro atoms. The van der Waals surface area contributed by atoms with Gasteiger partial charge in [0.1, 0.15) is 0 Å². The molecule has 0 fully saturated rings. The van der Waals surface area contributed by atoms with Crippen molar-refractivity contribution in [1.29, 1.82) is 0 Å². The van der Waals surface area contributed by atoms with Gasteiger partial charge in [0.2, 0.25) is 0 Å². The lowest BCUT2D eigenvalue weighted by Gasteiger charge is -2.10. The minimum absolute atomic E-state index is 0. The number of halogens is 1. The Morgan fingerprint density at radius 2 is 1.77 bits per heavy atom. The Labute approximate surface area is 86.7 Å². The van der Waals surface area contributed by atoms with Crippen LogP contribution in [0.4, 0.5) is 0 Å². The molecule has 0 radical (unpaired) electrons. The molecule has 0 saturated carbocycles. The van der Waals surface area contributed by atoms with Crippen LogP contribution in [0.2, 0.25) is 0 Å². The van der Waals surface area contributed by atoms with Crippen LogP contribution in [0.3, 0.4) is 0 Å². The molecule has 0 bridgehead atoms. The van der Waals surface area contributed by atoms with Gasteiger partial charge >= 0.3 is 0 Å². The maximum atomic E-state index is 5.96. The van der Waals surface area contributed by atoms with E-state index in [-0.39, 0.29) is 18.4 Å². The standard InChI is InChI=1S/C11H17N.ClH/c1-3-4-11(12)10-7-5-9(2)6-8-10;/h5-8,11H,3-4,12H2,1-2H3;1H/t11-;/m1./s1. The Kier molecular flexibility index (Phi) is 5.76. The average Bonchev–Trinajstić information content (AvgIpc) is 2.06. The highest BCUT2D eigenvalue weighted by atomic mass is 35.5. The molecule has 13 heavy (non-hydrogen) atoms. The van der Waals surface area contributed by atoms with Crippen molar-refractivity contribution < 1.29 is 0 Å². The monoisotopic (exact) mass is 199 g/mol. The van der Waals surface area contributed by atoms with Gasteiger partial charge in [-0.2, -0.15) is 0 Å². The van der Waals surface area contributed by atoms with E-state index >= 15 is 0 Å². The first-order valence-corrected chi connectivity index (χ1v) is 4.56. The lowest BCUT2D eigenvalue weighted by atomic mass is 10.0. The number of benzene rings is 1. The molecule has 0 aliphatic rings. The van der Waals surface area contributed by atoms with Gasteiger partial charge in [-0.3, -0.25) is 0 Å². The zero-order valence-electron chi connectivity index (χ0n) is 8.29. The third-order valence-corrected chi connectivity index (χ3v) is 2.11. The number of hydrogen-bond acceptors (Lipinski definition) is 1. The van der Waals surface area contributed by atoms with Crippen LogP contribution in [0.5, 0.6) is 0 Å². The number of aryl methyl sites for hydroxylation is 1. The molecule has 1 aromatic carbocycles. The Morgan fingerprint density at radius 1 is 1.23 bits per heavy atom. The molecule has 1 rings (SSSR count). The Morgan fingerprint density at radius 3 is 2.23 bits per heavy atom. The summed E-state index contributed by atoms with van der Waals surface area (Å²) in [7, 11) is 0. The molecule has 0 aliphatic heterocycles. The zero-order chi connectivity index (χ0) is 8.97. The predicted octanol–water partition coefficient (Wildman–Crippen LogP) is 3.22. The predicted molar refractivity (Wildman–Crippen MR) is 60.3 cm³/mol. The third kappa shape index (κ3) is 3.79. The van der Waals surface area contributed by atoms with Crippen LogP contribution in [0.15, 0.2) is 24.3 Å². The van der Waals surface area contributed by atoms with Gasteiger partial charge in [-0.05, 0) is 18.9 Å². The summed E-state index contributed by atoms with van der Waals surface area (Å²) in [5, 5.41) is 0. The van der Waals surface area contributed by atoms with E-state index in [1.165, 1.54) is 11.1 Å². The van der Waals surface area contributed by atoms with Crippen molar-refractivity contribution in [1.82, 2.24) is 0 Å². The fourth-order valence-corrected chi connectivity index (χ4v) is 1.29. The molecule has 1 aromatic rings. The minimum Gasteiger partial charge on any atom is -0.324 e. The highest BCUT2D eigenvalue weighted by molar-refractivity contribution is 5.85. The molecule has 0 saturated heterocycles. The van der Waals surface area contributed by atoms with Crippen LogP contribution < -0.4 is 5.73 Å². The summed E-state index contributed by atoms with van der Waals surface area (Å²) in [6.07, 6.45) is 2.22. The lowest BCUT2D eigenvalue weighted by molar-refractivity contribution is 0.638. The third-order valence-electron chi connectivity index (χ3n) is 2.11. The van der Waals surface area contributed by atoms with Crippen LogP contribution in [0.25, 0.3) is 0 Å². The zero-order valence-corrected chi connectivity index (χ0v) is 9.10. The second kappa shape index (κ2) is 6.01. The van der Waals surface area contributed by atoms with Crippen LogP contribution >= 0.6 is 12.4 Å². The van der Waals surface area contributed by atoms with Crippen molar-refractivity contribution in [2.45, 2.75) is 32.7 Å². The molecular formula is C11H18ClN. The maximum absolute atomic E-state index is 5.96. The fraction of sp³-hybridized carbons (Fsp3) is 0.455. The lowest BCUT2D eigenvalue weighted by Crippen LogP contribution is -2.09. The highest BCUT2D eigenvalue weighted by Gasteiger charge is 2.02. The Balaban J connectivity index is 0.00000144. The molecule has 0 unspecified atom stereocenters. The Bertz CT molecular complexity index is 230. The van der Waals surface area contributed by atoms with E-state index in [4.69, 9.17) is 5.73 Å². The summed E-state index contributed by atoms with van der Waals surface area (Å²) in [6.45, 7) is 4.25. The molecule has 0 aliphatic carbocycles. The van der Waals surface area contributed by atoms with Gasteiger partial charge in [-0.25, -0.2) is 0 Å². The van der Waals surface area contributed by atoms with Crippen LogP contribution in [0.1, 0.15) is 36.9 Å². The molecule has 2 N–H and O–H groups in total. The van der Waals surface area contributed by atoms with Crippen molar-refractivity contribution in [3.05, 3.63) is 35.4 Å². The second-order valence-electron chi connectivity index (χ2n) is 3.31. The first-order chi connectivity index (χ1) is 5.74. The first kappa shape index (κ1) is 12.5. The first-order valence-electron chi connectivity index (χ1n) is 4.56. The van der Waals surface area contributed by atoms with Gasteiger partial charge in [-0.1, -0.05) is 43.2 Å². The molecule has 0 aromatic heterocycles. The van der Waals surface area contributed by atoms with Gasteiger partial charge < -0.3 is 5.73 Å². The van der Waals surface area contributed by atoms with E-state index < -0.39 is 0 Å². The van der Waals surface area contributed by atoms with Gasteiger partial charge in [-0.15, -0.1) is 12.4 Å². The average molecular weight is 200 g/mol. The Hall–Kier alpha value is -0.530. The van der Waals surface area contributed by atoms with Crippen LogP contribution in [-0.4, -0.2) is 0 Å². The molecule has 1 nitrogen and oxygen atoms in total. The molecule has 0 heterocycles. The molecule has 1 atom stereocenters. The molecule has 2 heteroatoms. The number of hydrogen-bond donors (Lipinski definition) is 1. The minimum atomic E-state index is 0. The van der Waals surface area contributed by atoms with Crippen molar-refractivity contribution in [2.24, 2.45) is 5.73 Å². The summed E-state index contributed by atoms with van der Waals surface area (Å²) in [4.78, 5) is 0. The largest absolute Gasteiger partial charge is 0.324 e. The van der Waals surface area contributed by atoms with Crippen molar-refractivity contribution in [3.63, 3.8) is 0 Å². The van der Waals surface area contributed by atoms with Crippen LogP contribution in [-0.2, 0) is 0 Å². The van der Waals surface area contributed by atoms with E-state index in [2.05, 4.69) is 38.1 Å². The topological polar surface area (TPSA) is 26.0 Å². The van der Waals surface area contributed by atoms with Gasteiger partial charge in [0, 0.05) is 6.04 Å². The number of rotatable bonds is 3. The van der Waals surface area contributed by atoms with Gasteiger partial charge in [0.15, 0.2) is 0 Å². The normalized spacial score (nSPS) is 11.9. The van der Waals surface area contributed by atoms with Gasteiger partial charge in [0.25, 0.3) is 0 Å². The molecular weight excluding hydrogens is 182 g/mol. The second-order valence-corrected chi connectivity index (χ2v) is 3.31. The van der Waals surface area contributed by atoms with Crippen LogP contribution in [0, 0.1) is 6.92 Å². The molecule has 74 valence electrons. The van der Waals surface area contributed by atoms with E-state index in [1.54, 1.807) is 0 Å².